The Kier molecular flexibility index (Phi) is 1.78. The maximum absolute atomic E-state index is 3.99. The van der Waals surface area contributed by atoms with E-state index in [9.17, 15) is 0 Å². The van der Waals surface area contributed by atoms with Crippen molar-refractivity contribution in [3.05, 3.63) is 49.1 Å². The van der Waals surface area contributed by atoms with Gasteiger partial charge in [0.15, 0.2) is 0 Å². The molecule has 2 heterocycles. The Bertz CT molecular complexity index is 326. The van der Waals surface area contributed by atoms with E-state index in [1.54, 1.807) is 12.4 Å². The molecule has 0 saturated carbocycles. The van der Waals surface area contributed by atoms with Gasteiger partial charge in [-0.1, -0.05) is 0 Å². The molecule has 2 rings (SSSR count). The van der Waals surface area contributed by atoms with Crippen LogP contribution in [-0.2, 0) is 0 Å². The fourth-order valence-electron chi connectivity index (χ4n) is 0.987. The van der Waals surface area contributed by atoms with Crippen molar-refractivity contribution < 1.29 is 0 Å². The Balaban J connectivity index is 2.15. The van der Waals surface area contributed by atoms with Crippen molar-refractivity contribution in [3.63, 3.8) is 0 Å². The van der Waals surface area contributed by atoms with E-state index < -0.39 is 0 Å². The summed E-state index contributed by atoms with van der Waals surface area (Å²) in [4.78, 5) is 3.99. The number of hydrogen-bond donors (Lipinski definition) is 1. The first-order valence-corrected chi connectivity index (χ1v) is 3.75. The first kappa shape index (κ1) is 6.91. The Morgan fingerprint density at radius 2 is 2.00 bits per heavy atom. The molecule has 0 aliphatic carbocycles. The third-order valence-corrected chi connectivity index (χ3v) is 1.52. The number of hydrogen-bond acceptors (Lipinski definition) is 2. The Labute approximate surface area is 70.6 Å². The van der Waals surface area contributed by atoms with Gasteiger partial charge < -0.3 is 0 Å². The number of anilines is 1. The van der Waals surface area contributed by atoms with Crippen molar-refractivity contribution in [2.75, 3.05) is 5.43 Å². The van der Waals surface area contributed by atoms with E-state index in [1.165, 1.54) is 0 Å². The monoisotopic (exact) mass is 159 g/mol. The van der Waals surface area contributed by atoms with Crippen LogP contribution < -0.4 is 5.43 Å². The molecule has 3 heteroatoms. The third kappa shape index (κ3) is 1.45. The highest BCUT2D eigenvalue weighted by Crippen LogP contribution is 2.02. The van der Waals surface area contributed by atoms with Crippen LogP contribution in [0.1, 0.15) is 0 Å². The van der Waals surface area contributed by atoms with Crippen LogP contribution in [0.15, 0.2) is 49.1 Å². The van der Waals surface area contributed by atoms with Gasteiger partial charge in [0.2, 0.25) is 0 Å². The van der Waals surface area contributed by atoms with Gasteiger partial charge in [0.05, 0.1) is 11.9 Å². The second-order valence-electron chi connectivity index (χ2n) is 2.44. The SMILES string of the molecule is c1cncc(Nn2cccc2)c1. The second kappa shape index (κ2) is 3.09. The van der Waals surface area contributed by atoms with E-state index >= 15 is 0 Å². The van der Waals surface area contributed by atoms with Gasteiger partial charge in [0.1, 0.15) is 0 Å². The van der Waals surface area contributed by atoms with Gasteiger partial charge in [-0.05, 0) is 24.3 Å². The van der Waals surface area contributed by atoms with Gasteiger partial charge in [-0.2, -0.15) is 0 Å². The minimum absolute atomic E-state index is 0.980. The van der Waals surface area contributed by atoms with Crippen molar-refractivity contribution in [1.82, 2.24) is 9.66 Å². The summed E-state index contributed by atoms with van der Waals surface area (Å²) in [5, 5.41) is 0. The Morgan fingerprint density at radius 3 is 2.67 bits per heavy atom. The third-order valence-electron chi connectivity index (χ3n) is 1.52. The molecule has 0 aliphatic rings. The zero-order valence-electron chi connectivity index (χ0n) is 6.51. The molecule has 0 aliphatic heterocycles. The zero-order valence-corrected chi connectivity index (χ0v) is 6.51. The van der Waals surface area contributed by atoms with Crippen LogP contribution in [0, 0.1) is 0 Å². The van der Waals surface area contributed by atoms with Gasteiger partial charge >= 0.3 is 0 Å². The van der Waals surface area contributed by atoms with Crippen LogP contribution in [-0.4, -0.2) is 9.66 Å². The van der Waals surface area contributed by atoms with Crippen molar-refractivity contribution in [1.29, 1.82) is 0 Å². The lowest BCUT2D eigenvalue weighted by molar-refractivity contribution is 0.967. The predicted molar refractivity (Wildman–Crippen MR) is 47.7 cm³/mol. The molecule has 0 aromatic carbocycles. The molecule has 0 fully saturated rings. The molecule has 0 bridgehead atoms. The maximum atomic E-state index is 3.99. The molecule has 0 spiro atoms. The summed E-state index contributed by atoms with van der Waals surface area (Å²) >= 11 is 0. The smallest absolute Gasteiger partial charge is 0.0728 e. The van der Waals surface area contributed by atoms with E-state index in [1.807, 2.05) is 41.3 Å². The van der Waals surface area contributed by atoms with Gasteiger partial charge in [0.25, 0.3) is 0 Å². The van der Waals surface area contributed by atoms with Crippen LogP contribution >= 0.6 is 0 Å². The molecule has 2 aromatic heterocycles. The summed E-state index contributed by atoms with van der Waals surface area (Å²) in [5.41, 5.74) is 4.12. The normalized spacial score (nSPS) is 9.67. The van der Waals surface area contributed by atoms with Crippen LogP contribution in [0.4, 0.5) is 5.69 Å². The first-order chi connectivity index (χ1) is 5.95. The van der Waals surface area contributed by atoms with Gasteiger partial charge in [-0.3, -0.25) is 15.1 Å². The van der Waals surface area contributed by atoms with Crippen molar-refractivity contribution >= 4 is 5.69 Å². The molecule has 60 valence electrons. The molecule has 0 unspecified atom stereocenters. The molecular formula is C9H9N3. The summed E-state index contributed by atoms with van der Waals surface area (Å²) in [5.74, 6) is 0. The first-order valence-electron chi connectivity index (χ1n) is 3.75. The molecule has 3 nitrogen and oxygen atoms in total. The molecule has 1 N–H and O–H groups in total. The lowest BCUT2D eigenvalue weighted by Crippen LogP contribution is -2.05. The highest BCUT2D eigenvalue weighted by Gasteiger charge is 1.88. The van der Waals surface area contributed by atoms with E-state index in [4.69, 9.17) is 0 Å². The number of nitrogens with one attached hydrogen (secondary N) is 1. The molecule has 0 saturated heterocycles. The number of rotatable bonds is 2. The van der Waals surface area contributed by atoms with Gasteiger partial charge in [0, 0.05) is 18.6 Å². The topological polar surface area (TPSA) is 29.9 Å². The van der Waals surface area contributed by atoms with E-state index in [0.717, 1.165) is 5.69 Å². The Hall–Kier alpha value is -1.77. The van der Waals surface area contributed by atoms with Crippen molar-refractivity contribution in [2.45, 2.75) is 0 Å². The second-order valence-corrected chi connectivity index (χ2v) is 2.44. The molecular weight excluding hydrogens is 150 g/mol. The molecule has 2 aromatic rings. The quantitative estimate of drug-likeness (QED) is 0.723. The standard InChI is InChI=1S/C9H9N3/c1-2-7-12(6-1)11-9-4-3-5-10-8-9/h1-8,11H. The zero-order chi connectivity index (χ0) is 8.23. The summed E-state index contributed by atoms with van der Waals surface area (Å²) < 4.78 is 1.87. The minimum atomic E-state index is 0.980. The fraction of sp³-hybridized carbons (Fsp3) is 0. The highest BCUT2D eigenvalue weighted by molar-refractivity contribution is 5.39. The average molecular weight is 159 g/mol. The molecule has 12 heavy (non-hydrogen) atoms. The van der Waals surface area contributed by atoms with Crippen LogP contribution in [0.3, 0.4) is 0 Å². The van der Waals surface area contributed by atoms with E-state index in [0.29, 0.717) is 0 Å². The molecule has 0 amide bonds. The summed E-state index contributed by atoms with van der Waals surface area (Å²) in [6.45, 7) is 0. The van der Waals surface area contributed by atoms with E-state index in [2.05, 4.69) is 10.4 Å². The van der Waals surface area contributed by atoms with E-state index in [-0.39, 0.29) is 0 Å². The predicted octanol–water partition coefficient (Wildman–Crippen LogP) is 1.76. The van der Waals surface area contributed by atoms with Gasteiger partial charge in [-0.25, -0.2) is 0 Å². The van der Waals surface area contributed by atoms with Crippen LogP contribution in [0.25, 0.3) is 0 Å². The number of nitrogens with zero attached hydrogens (tertiary/aromatic N) is 2. The highest BCUT2D eigenvalue weighted by atomic mass is 15.4. The van der Waals surface area contributed by atoms with Crippen molar-refractivity contribution in [3.8, 4) is 0 Å². The number of aromatic nitrogens is 2. The van der Waals surface area contributed by atoms with Crippen molar-refractivity contribution in [2.24, 2.45) is 0 Å². The summed E-state index contributed by atoms with van der Waals surface area (Å²) in [6, 6.07) is 7.78. The number of pyridine rings is 1. The largest absolute Gasteiger partial charge is 0.293 e. The molecule has 0 atom stereocenters. The minimum Gasteiger partial charge on any atom is -0.293 e. The fourth-order valence-corrected chi connectivity index (χ4v) is 0.987. The summed E-state index contributed by atoms with van der Waals surface area (Å²) in [6.07, 6.45) is 7.40. The maximum Gasteiger partial charge on any atom is 0.0728 e. The summed E-state index contributed by atoms with van der Waals surface area (Å²) in [7, 11) is 0. The molecule has 0 radical (unpaired) electrons. The van der Waals surface area contributed by atoms with Gasteiger partial charge in [-0.15, -0.1) is 0 Å². The lowest BCUT2D eigenvalue weighted by atomic mass is 10.4. The lowest BCUT2D eigenvalue weighted by Gasteiger charge is -2.05. The van der Waals surface area contributed by atoms with Crippen LogP contribution in [0.2, 0.25) is 0 Å². The van der Waals surface area contributed by atoms with Crippen LogP contribution in [0.5, 0.6) is 0 Å². The Morgan fingerprint density at radius 1 is 1.17 bits per heavy atom. The average Bonchev–Trinajstić information content (AvgIpc) is 2.59.